The Kier molecular flexibility index (Phi) is 6.54. The SMILES string of the molecule is CC(C)C[C@H](N)C(=O)Nc1ccc(NC(=O)Nc2ccccc2)cc1. The lowest BCUT2D eigenvalue weighted by Crippen LogP contribution is -2.36. The number of nitrogens with one attached hydrogen (secondary N) is 3. The van der Waals surface area contributed by atoms with Crippen LogP contribution in [0.2, 0.25) is 0 Å². The molecule has 0 fully saturated rings. The van der Waals surface area contributed by atoms with Gasteiger partial charge >= 0.3 is 6.03 Å². The summed E-state index contributed by atoms with van der Waals surface area (Å²) in [6.45, 7) is 4.04. The number of carbonyl (C=O) groups is 2. The molecule has 0 aliphatic heterocycles. The molecule has 2 rings (SSSR count). The van der Waals surface area contributed by atoms with Gasteiger partial charge in [0.25, 0.3) is 0 Å². The van der Waals surface area contributed by atoms with Gasteiger partial charge in [-0.2, -0.15) is 0 Å². The Hall–Kier alpha value is -2.86. The molecule has 0 heterocycles. The third-order valence-electron chi connectivity index (χ3n) is 3.50. The highest BCUT2D eigenvalue weighted by molar-refractivity contribution is 6.00. The Bertz CT molecular complexity index is 699. The largest absolute Gasteiger partial charge is 0.325 e. The molecule has 25 heavy (non-hydrogen) atoms. The first-order valence-electron chi connectivity index (χ1n) is 8.23. The van der Waals surface area contributed by atoms with Crippen LogP contribution >= 0.6 is 0 Å². The van der Waals surface area contributed by atoms with Crippen LogP contribution in [-0.2, 0) is 4.79 Å². The van der Waals surface area contributed by atoms with E-state index in [9.17, 15) is 9.59 Å². The van der Waals surface area contributed by atoms with Gasteiger partial charge in [-0.25, -0.2) is 4.79 Å². The maximum absolute atomic E-state index is 12.0. The van der Waals surface area contributed by atoms with Crippen LogP contribution in [0.25, 0.3) is 0 Å². The van der Waals surface area contributed by atoms with Crippen molar-refractivity contribution in [3.05, 3.63) is 54.6 Å². The fraction of sp³-hybridized carbons (Fsp3) is 0.263. The second-order valence-electron chi connectivity index (χ2n) is 6.25. The fourth-order valence-electron chi connectivity index (χ4n) is 2.30. The minimum atomic E-state index is -0.533. The van der Waals surface area contributed by atoms with Crippen molar-refractivity contribution in [3.63, 3.8) is 0 Å². The van der Waals surface area contributed by atoms with Gasteiger partial charge in [-0.1, -0.05) is 32.0 Å². The van der Waals surface area contributed by atoms with Crippen molar-refractivity contribution in [3.8, 4) is 0 Å². The fourth-order valence-corrected chi connectivity index (χ4v) is 2.30. The van der Waals surface area contributed by atoms with Crippen molar-refractivity contribution in [2.75, 3.05) is 16.0 Å². The number of anilines is 3. The van der Waals surface area contributed by atoms with E-state index in [2.05, 4.69) is 16.0 Å². The molecule has 132 valence electrons. The number of carbonyl (C=O) groups excluding carboxylic acids is 2. The molecular formula is C19H24N4O2. The highest BCUT2D eigenvalue weighted by Crippen LogP contribution is 2.15. The first-order chi connectivity index (χ1) is 11.9. The first-order valence-corrected chi connectivity index (χ1v) is 8.23. The zero-order valence-electron chi connectivity index (χ0n) is 14.5. The van der Waals surface area contributed by atoms with E-state index >= 15 is 0 Å². The summed E-state index contributed by atoms with van der Waals surface area (Å²) in [5.41, 5.74) is 7.83. The molecule has 2 aromatic carbocycles. The Balaban J connectivity index is 1.87. The lowest BCUT2D eigenvalue weighted by Gasteiger charge is -2.14. The minimum Gasteiger partial charge on any atom is -0.325 e. The molecule has 0 bridgehead atoms. The van der Waals surface area contributed by atoms with Crippen molar-refractivity contribution in [1.82, 2.24) is 0 Å². The van der Waals surface area contributed by atoms with Crippen molar-refractivity contribution in [2.24, 2.45) is 11.7 Å². The molecule has 6 nitrogen and oxygen atoms in total. The Morgan fingerprint density at radius 1 is 0.840 bits per heavy atom. The number of rotatable bonds is 6. The second-order valence-corrected chi connectivity index (χ2v) is 6.25. The molecule has 5 N–H and O–H groups in total. The molecule has 0 aliphatic carbocycles. The van der Waals surface area contributed by atoms with Crippen LogP contribution in [0, 0.1) is 5.92 Å². The Labute approximate surface area is 147 Å². The van der Waals surface area contributed by atoms with Crippen molar-refractivity contribution in [2.45, 2.75) is 26.3 Å². The summed E-state index contributed by atoms with van der Waals surface area (Å²) in [6, 6.07) is 15.2. The molecule has 6 heteroatoms. The lowest BCUT2D eigenvalue weighted by molar-refractivity contribution is -0.117. The number of urea groups is 1. The molecule has 2 aromatic rings. The average Bonchev–Trinajstić information content (AvgIpc) is 2.57. The van der Waals surface area contributed by atoms with Crippen molar-refractivity contribution in [1.29, 1.82) is 0 Å². The molecule has 1 atom stereocenters. The molecule has 0 aromatic heterocycles. The third-order valence-corrected chi connectivity index (χ3v) is 3.50. The summed E-state index contributed by atoms with van der Waals surface area (Å²) >= 11 is 0. The summed E-state index contributed by atoms with van der Waals surface area (Å²) in [7, 11) is 0. The zero-order chi connectivity index (χ0) is 18.2. The van der Waals surface area contributed by atoms with E-state index in [1.807, 2.05) is 32.0 Å². The number of hydrogen-bond acceptors (Lipinski definition) is 3. The number of hydrogen-bond donors (Lipinski definition) is 4. The van der Waals surface area contributed by atoms with E-state index in [1.165, 1.54) is 0 Å². The van der Waals surface area contributed by atoms with Crippen LogP contribution in [0.5, 0.6) is 0 Å². The smallest absolute Gasteiger partial charge is 0.323 e. The minimum absolute atomic E-state index is 0.212. The van der Waals surface area contributed by atoms with Gasteiger partial charge in [0.1, 0.15) is 0 Å². The highest BCUT2D eigenvalue weighted by atomic mass is 16.2. The molecule has 0 radical (unpaired) electrons. The Morgan fingerprint density at radius 2 is 1.32 bits per heavy atom. The maximum Gasteiger partial charge on any atom is 0.323 e. The summed E-state index contributed by atoms with van der Waals surface area (Å²) in [5, 5.41) is 8.24. The maximum atomic E-state index is 12.0. The summed E-state index contributed by atoms with van der Waals surface area (Å²) < 4.78 is 0. The van der Waals surface area contributed by atoms with E-state index < -0.39 is 6.04 Å². The van der Waals surface area contributed by atoms with Crippen molar-refractivity contribution >= 4 is 29.0 Å². The van der Waals surface area contributed by atoms with E-state index in [4.69, 9.17) is 5.73 Å². The van der Waals surface area contributed by atoms with Crippen molar-refractivity contribution < 1.29 is 9.59 Å². The van der Waals surface area contributed by atoms with Crippen LogP contribution in [0.4, 0.5) is 21.9 Å². The van der Waals surface area contributed by atoms with Gasteiger partial charge in [0, 0.05) is 17.1 Å². The van der Waals surface area contributed by atoms with Gasteiger partial charge in [0.15, 0.2) is 0 Å². The van der Waals surface area contributed by atoms with Gasteiger partial charge in [-0.3, -0.25) is 4.79 Å². The number of benzene rings is 2. The predicted octanol–water partition coefficient (Wildman–Crippen LogP) is 3.64. The average molecular weight is 340 g/mol. The predicted molar refractivity (Wildman–Crippen MR) is 102 cm³/mol. The molecule has 0 saturated heterocycles. The van der Waals surface area contributed by atoms with E-state index in [0.29, 0.717) is 29.4 Å². The van der Waals surface area contributed by atoms with E-state index in [1.54, 1.807) is 36.4 Å². The normalized spacial score (nSPS) is 11.7. The van der Waals surface area contributed by atoms with Gasteiger partial charge < -0.3 is 21.7 Å². The Morgan fingerprint density at radius 3 is 1.84 bits per heavy atom. The standard InChI is InChI=1S/C19H24N4O2/c1-13(2)12-17(20)18(24)21-15-8-10-16(11-9-15)23-19(25)22-14-6-4-3-5-7-14/h3-11,13,17H,12,20H2,1-2H3,(H,21,24)(H2,22,23,25)/t17-/m0/s1. The highest BCUT2D eigenvalue weighted by Gasteiger charge is 2.15. The third kappa shape index (κ3) is 6.27. The van der Waals surface area contributed by atoms with E-state index in [0.717, 1.165) is 0 Å². The summed E-state index contributed by atoms with van der Waals surface area (Å²) in [4.78, 5) is 23.9. The topological polar surface area (TPSA) is 96.2 Å². The van der Waals surface area contributed by atoms with E-state index in [-0.39, 0.29) is 11.9 Å². The second kappa shape index (κ2) is 8.84. The molecule has 3 amide bonds. The zero-order valence-corrected chi connectivity index (χ0v) is 14.5. The monoisotopic (exact) mass is 340 g/mol. The number of amides is 3. The van der Waals surface area contributed by atoms with Gasteiger partial charge in [-0.15, -0.1) is 0 Å². The van der Waals surface area contributed by atoms with Gasteiger partial charge in [0.2, 0.25) is 5.91 Å². The molecular weight excluding hydrogens is 316 g/mol. The molecule has 0 spiro atoms. The van der Waals surface area contributed by atoms with Crippen LogP contribution in [0.1, 0.15) is 20.3 Å². The van der Waals surface area contributed by atoms with Crippen LogP contribution < -0.4 is 21.7 Å². The summed E-state index contributed by atoms with van der Waals surface area (Å²) in [6.07, 6.45) is 0.630. The van der Waals surface area contributed by atoms with Gasteiger partial charge in [0.05, 0.1) is 6.04 Å². The first kappa shape index (κ1) is 18.5. The van der Waals surface area contributed by atoms with Crippen LogP contribution in [-0.4, -0.2) is 18.0 Å². The van der Waals surface area contributed by atoms with Crippen LogP contribution in [0.3, 0.4) is 0 Å². The summed E-state index contributed by atoms with van der Waals surface area (Å²) in [5.74, 6) is 0.145. The van der Waals surface area contributed by atoms with Crippen LogP contribution in [0.15, 0.2) is 54.6 Å². The van der Waals surface area contributed by atoms with Gasteiger partial charge in [-0.05, 0) is 48.7 Å². The lowest BCUT2D eigenvalue weighted by atomic mass is 10.0. The number of para-hydroxylation sites is 1. The molecule has 0 saturated carbocycles. The molecule has 0 aliphatic rings. The number of nitrogens with two attached hydrogens (primary N) is 1. The quantitative estimate of drug-likeness (QED) is 0.646. The molecule has 0 unspecified atom stereocenters.